The van der Waals surface area contributed by atoms with Gasteiger partial charge in [-0.05, 0) is 64.2 Å². The van der Waals surface area contributed by atoms with Gasteiger partial charge in [0.15, 0.2) is 0 Å². The van der Waals surface area contributed by atoms with Crippen LogP contribution >= 0.6 is 7.82 Å². The zero-order chi connectivity index (χ0) is 37.7. The molecule has 0 aromatic carbocycles. The molecule has 0 saturated carbocycles. The van der Waals surface area contributed by atoms with E-state index in [1.54, 1.807) is 0 Å². The van der Waals surface area contributed by atoms with Crippen LogP contribution in [0.4, 0.5) is 0 Å². The van der Waals surface area contributed by atoms with Crippen LogP contribution in [0, 0.1) is 0 Å². The number of phosphoric ester groups is 1. The van der Waals surface area contributed by atoms with Crippen molar-refractivity contribution in [3.63, 3.8) is 0 Å². The lowest BCUT2D eigenvalue weighted by molar-refractivity contribution is -0.870. The molecule has 9 heteroatoms. The molecule has 0 saturated heterocycles. The van der Waals surface area contributed by atoms with E-state index in [0.717, 1.165) is 44.9 Å². The van der Waals surface area contributed by atoms with Crippen LogP contribution in [0.5, 0.6) is 0 Å². The minimum atomic E-state index is -4.52. The second-order valence-electron chi connectivity index (χ2n) is 15.0. The first kappa shape index (κ1) is 49.7. The SMILES string of the molecule is CCCC/C=C\CCCCCCCCOCC(COP(=O)([O-])OCC[N+](C)(C)C)OC(=O)CCCCCCCCC/C=C\C/C=C\CCCCC. The van der Waals surface area contributed by atoms with Gasteiger partial charge in [-0.25, -0.2) is 0 Å². The Balaban J connectivity index is 4.27. The Kier molecular flexibility index (Phi) is 34.8. The molecule has 0 aliphatic heterocycles. The van der Waals surface area contributed by atoms with E-state index in [4.69, 9.17) is 18.5 Å². The zero-order valence-corrected chi connectivity index (χ0v) is 34.7. The molecule has 51 heavy (non-hydrogen) atoms. The molecule has 0 N–H and O–H groups in total. The van der Waals surface area contributed by atoms with Crippen LogP contribution in [-0.4, -0.2) is 70.7 Å². The van der Waals surface area contributed by atoms with Crippen LogP contribution in [0.2, 0.25) is 0 Å². The number of allylic oxidation sites excluding steroid dienone is 6. The summed E-state index contributed by atoms with van der Waals surface area (Å²) in [5.41, 5.74) is 0. The molecule has 0 heterocycles. The van der Waals surface area contributed by atoms with Crippen molar-refractivity contribution in [2.75, 3.05) is 54.1 Å². The van der Waals surface area contributed by atoms with E-state index in [9.17, 15) is 14.3 Å². The van der Waals surface area contributed by atoms with Gasteiger partial charge in [-0.15, -0.1) is 0 Å². The molecule has 300 valence electrons. The Bertz CT molecular complexity index is 915. The van der Waals surface area contributed by atoms with Crippen molar-refractivity contribution in [1.29, 1.82) is 0 Å². The summed E-state index contributed by atoms with van der Waals surface area (Å²) < 4.78 is 34.5. The van der Waals surface area contributed by atoms with Gasteiger partial charge in [-0.3, -0.25) is 9.36 Å². The molecule has 0 aromatic heterocycles. The summed E-state index contributed by atoms with van der Waals surface area (Å²) in [6, 6.07) is 0. The highest BCUT2D eigenvalue weighted by molar-refractivity contribution is 7.45. The molecule has 0 amide bonds. The summed E-state index contributed by atoms with van der Waals surface area (Å²) in [5, 5.41) is 0. The van der Waals surface area contributed by atoms with Crippen LogP contribution in [-0.2, 0) is 27.9 Å². The van der Waals surface area contributed by atoms with E-state index in [2.05, 4.69) is 50.3 Å². The molecule has 2 atom stereocenters. The highest BCUT2D eigenvalue weighted by Crippen LogP contribution is 2.38. The third-order valence-electron chi connectivity index (χ3n) is 8.66. The first-order chi connectivity index (χ1) is 24.6. The van der Waals surface area contributed by atoms with Gasteiger partial charge in [0.2, 0.25) is 0 Å². The number of unbranched alkanes of at least 4 members (excludes halogenated alkanes) is 18. The Morgan fingerprint density at radius 1 is 0.608 bits per heavy atom. The first-order valence-corrected chi connectivity index (χ1v) is 22.2. The Morgan fingerprint density at radius 2 is 1.10 bits per heavy atom. The average Bonchev–Trinajstić information content (AvgIpc) is 3.08. The molecule has 0 aliphatic rings. The van der Waals surface area contributed by atoms with Crippen LogP contribution in [0.25, 0.3) is 0 Å². The Labute approximate surface area is 315 Å². The first-order valence-electron chi connectivity index (χ1n) is 20.7. The van der Waals surface area contributed by atoms with Crippen molar-refractivity contribution in [3.8, 4) is 0 Å². The molecular formula is C42H80NO7P. The predicted molar refractivity (Wildman–Crippen MR) is 213 cm³/mol. The molecule has 8 nitrogen and oxygen atoms in total. The fraction of sp³-hybridized carbons (Fsp3) is 0.833. The molecule has 0 radical (unpaired) electrons. The van der Waals surface area contributed by atoms with Crippen molar-refractivity contribution < 1.29 is 37.3 Å². The number of nitrogens with zero attached hydrogens (tertiary/aromatic N) is 1. The van der Waals surface area contributed by atoms with Gasteiger partial charge < -0.3 is 27.9 Å². The fourth-order valence-corrected chi connectivity index (χ4v) is 6.11. The van der Waals surface area contributed by atoms with Crippen LogP contribution in [0.15, 0.2) is 36.5 Å². The molecule has 0 aromatic rings. The lowest BCUT2D eigenvalue weighted by Crippen LogP contribution is -2.37. The monoisotopic (exact) mass is 742 g/mol. The number of esters is 1. The minimum Gasteiger partial charge on any atom is -0.756 e. The molecule has 0 aliphatic carbocycles. The van der Waals surface area contributed by atoms with Crippen molar-refractivity contribution in [1.82, 2.24) is 0 Å². The third kappa shape index (κ3) is 39.8. The van der Waals surface area contributed by atoms with Crippen molar-refractivity contribution in [2.45, 2.75) is 174 Å². The molecule has 0 fully saturated rings. The summed E-state index contributed by atoms with van der Waals surface area (Å²) >= 11 is 0. The normalized spacial score (nSPS) is 14.2. The maximum atomic E-state index is 12.6. The fourth-order valence-electron chi connectivity index (χ4n) is 5.38. The van der Waals surface area contributed by atoms with E-state index in [1.165, 1.54) is 103 Å². The van der Waals surface area contributed by atoms with Gasteiger partial charge in [-0.2, -0.15) is 0 Å². The second kappa shape index (κ2) is 35.7. The van der Waals surface area contributed by atoms with Crippen LogP contribution in [0.3, 0.4) is 0 Å². The summed E-state index contributed by atoms with van der Waals surface area (Å²) in [7, 11) is 1.34. The van der Waals surface area contributed by atoms with Crippen molar-refractivity contribution >= 4 is 13.8 Å². The quantitative estimate of drug-likeness (QED) is 0.0204. The molecule has 2 unspecified atom stereocenters. The van der Waals surface area contributed by atoms with E-state index >= 15 is 0 Å². The summed E-state index contributed by atoms with van der Waals surface area (Å²) in [5.74, 6) is -0.346. The summed E-state index contributed by atoms with van der Waals surface area (Å²) in [6.45, 7) is 5.32. The van der Waals surface area contributed by atoms with E-state index in [-0.39, 0.29) is 25.8 Å². The third-order valence-corrected chi connectivity index (χ3v) is 9.63. The Hall–Kier alpha value is -1.28. The lowest BCUT2D eigenvalue weighted by Gasteiger charge is -2.28. The highest BCUT2D eigenvalue weighted by atomic mass is 31.2. The number of carbonyl (C=O) groups is 1. The van der Waals surface area contributed by atoms with Gasteiger partial charge in [0, 0.05) is 13.0 Å². The largest absolute Gasteiger partial charge is 0.756 e. The molecule has 0 rings (SSSR count). The number of hydrogen-bond acceptors (Lipinski definition) is 7. The van der Waals surface area contributed by atoms with E-state index < -0.39 is 13.9 Å². The van der Waals surface area contributed by atoms with Crippen molar-refractivity contribution in [3.05, 3.63) is 36.5 Å². The second-order valence-corrected chi connectivity index (χ2v) is 16.4. The average molecular weight is 742 g/mol. The van der Waals surface area contributed by atoms with Gasteiger partial charge in [-0.1, -0.05) is 134 Å². The van der Waals surface area contributed by atoms with Gasteiger partial charge in [0.25, 0.3) is 7.82 Å². The molecule has 0 bridgehead atoms. The maximum absolute atomic E-state index is 12.6. The van der Waals surface area contributed by atoms with Gasteiger partial charge >= 0.3 is 5.97 Å². The zero-order valence-electron chi connectivity index (χ0n) is 33.8. The summed E-state index contributed by atoms with van der Waals surface area (Å²) in [4.78, 5) is 25.0. The van der Waals surface area contributed by atoms with E-state index in [0.29, 0.717) is 24.1 Å². The van der Waals surface area contributed by atoms with Crippen LogP contribution < -0.4 is 4.89 Å². The van der Waals surface area contributed by atoms with E-state index in [1.807, 2.05) is 21.1 Å². The predicted octanol–water partition coefficient (Wildman–Crippen LogP) is 11.2. The van der Waals surface area contributed by atoms with Crippen molar-refractivity contribution in [2.24, 2.45) is 0 Å². The van der Waals surface area contributed by atoms with Gasteiger partial charge in [0.05, 0.1) is 34.4 Å². The van der Waals surface area contributed by atoms with Crippen LogP contribution in [0.1, 0.15) is 168 Å². The Morgan fingerprint density at radius 3 is 1.67 bits per heavy atom. The molecular weight excluding hydrogens is 661 g/mol. The van der Waals surface area contributed by atoms with Gasteiger partial charge in [0.1, 0.15) is 19.3 Å². The number of phosphoric acid groups is 1. The maximum Gasteiger partial charge on any atom is 0.306 e. The number of hydrogen-bond donors (Lipinski definition) is 0. The number of quaternary nitrogens is 1. The summed E-state index contributed by atoms with van der Waals surface area (Å²) in [6.07, 6.45) is 40.0. The standard InChI is InChI=1S/C42H80NO7P/c1-6-8-10-12-14-16-18-20-21-22-23-24-25-27-29-31-33-35-42(44)50-41(40-49-51(45,46)48-38-36-43(3,4)5)39-47-37-34-32-30-28-26-19-17-15-13-11-9-7-2/h13-16,20-21,41H,6-12,17-19,22-40H2,1-5H3/b15-13-,16-14-,21-20-. The number of likely N-dealkylation sites (N-methyl/N-ethyl adjacent to an activating group) is 1. The smallest absolute Gasteiger partial charge is 0.306 e. The number of ether oxygens (including phenoxy) is 2. The topological polar surface area (TPSA) is 94.1 Å². The number of rotatable bonds is 38. The number of carbonyl (C=O) groups excluding carboxylic acids is 1. The lowest BCUT2D eigenvalue weighted by atomic mass is 10.1. The highest BCUT2D eigenvalue weighted by Gasteiger charge is 2.20. The minimum absolute atomic E-state index is 0.0229. The molecule has 0 spiro atoms.